The van der Waals surface area contributed by atoms with Crippen molar-refractivity contribution < 1.29 is 4.74 Å². The van der Waals surface area contributed by atoms with Gasteiger partial charge in [0.05, 0.1) is 18.0 Å². The highest BCUT2D eigenvalue weighted by atomic mass is 79.9. The first-order valence-corrected chi connectivity index (χ1v) is 7.53. The molecular weight excluding hydrogens is 318 g/mol. The van der Waals surface area contributed by atoms with Crippen molar-refractivity contribution in [2.45, 2.75) is 39.7 Å². The molecule has 2 heterocycles. The molecule has 0 aliphatic heterocycles. The summed E-state index contributed by atoms with van der Waals surface area (Å²) < 4.78 is 6.46. The van der Waals surface area contributed by atoms with E-state index >= 15 is 0 Å². The summed E-state index contributed by atoms with van der Waals surface area (Å²) in [6, 6.07) is 3.85. The fourth-order valence-corrected chi connectivity index (χ4v) is 2.27. The van der Waals surface area contributed by atoms with Crippen LogP contribution in [0.5, 0.6) is 5.75 Å². The van der Waals surface area contributed by atoms with Crippen LogP contribution in [-0.2, 0) is 6.42 Å². The number of nitrogens with zero attached hydrogens (tertiary/aromatic N) is 3. The predicted octanol–water partition coefficient (Wildman–Crippen LogP) is 4.04. The maximum absolute atomic E-state index is 5.67. The van der Waals surface area contributed by atoms with Gasteiger partial charge in [0.2, 0.25) is 0 Å². The van der Waals surface area contributed by atoms with Gasteiger partial charge in [-0.2, -0.15) is 0 Å². The first kappa shape index (κ1) is 14.9. The zero-order chi connectivity index (χ0) is 14.5. The van der Waals surface area contributed by atoms with E-state index in [-0.39, 0.29) is 6.10 Å². The van der Waals surface area contributed by atoms with Gasteiger partial charge in [0.1, 0.15) is 16.2 Å². The molecule has 0 fully saturated rings. The molecule has 2 aromatic rings. The Kier molecular flexibility index (Phi) is 5.06. The Bertz CT molecular complexity index is 587. The van der Waals surface area contributed by atoms with Crippen LogP contribution in [-0.4, -0.2) is 21.1 Å². The summed E-state index contributed by atoms with van der Waals surface area (Å²) in [4.78, 5) is 13.2. The summed E-state index contributed by atoms with van der Waals surface area (Å²) in [5, 5.41) is 0. The van der Waals surface area contributed by atoms with E-state index < -0.39 is 0 Å². The van der Waals surface area contributed by atoms with Gasteiger partial charge in [-0.15, -0.1) is 0 Å². The molecule has 0 saturated heterocycles. The van der Waals surface area contributed by atoms with E-state index in [1.165, 1.54) is 0 Å². The molecule has 0 aliphatic rings. The van der Waals surface area contributed by atoms with Crippen LogP contribution < -0.4 is 4.74 Å². The summed E-state index contributed by atoms with van der Waals surface area (Å²) in [7, 11) is 0. The number of hydrogen-bond acceptors (Lipinski definition) is 4. The minimum absolute atomic E-state index is 0.125. The van der Waals surface area contributed by atoms with Crippen molar-refractivity contribution in [3.63, 3.8) is 0 Å². The molecule has 0 bridgehead atoms. The van der Waals surface area contributed by atoms with Crippen molar-refractivity contribution >= 4 is 15.9 Å². The third kappa shape index (κ3) is 4.00. The average molecular weight is 336 g/mol. The molecule has 0 radical (unpaired) electrons. The Balaban J connectivity index is 2.35. The van der Waals surface area contributed by atoms with Crippen LogP contribution in [0.15, 0.2) is 29.1 Å². The van der Waals surface area contributed by atoms with Gasteiger partial charge in [0.25, 0.3) is 0 Å². The third-order valence-electron chi connectivity index (χ3n) is 2.60. The second-order valence-electron chi connectivity index (χ2n) is 4.82. The lowest BCUT2D eigenvalue weighted by Crippen LogP contribution is -2.06. The van der Waals surface area contributed by atoms with Crippen LogP contribution in [0.4, 0.5) is 0 Å². The fraction of sp³-hybridized carbons (Fsp3) is 0.400. The van der Waals surface area contributed by atoms with E-state index in [1.54, 1.807) is 12.4 Å². The standard InChI is InChI=1S/C15H18BrN3O/c1-4-5-15-18-13(7-14(16)19-15)11-6-12(9-17-8-11)20-10(2)3/h6-10H,4-5H2,1-3H3. The largest absolute Gasteiger partial charge is 0.489 e. The number of hydrogen-bond donors (Lipinski definition) is 0. The van der Waals surface area contributed by atoms with Crippen molar-refractivity contribution in [2.24, 2.45) is 0 Å². The molecule has 0 atom stereocenters. The van der Waals surface area contributed by atoms with Gasteiger partial charge in [0.15, 0.2) is 0 Å². The molecule has 4 nitrogen and oxygen atoms in total. The Labute approximate surface area is 127 Å². The van der Waals surface area contributed by atoms with Crippen LogP contribution in [0, 0.1) is 0 Å². The molecule has 0 amide bonds. The van der Waals surface area contributed by atoms with Gasteiger partial charge >= 0.3 is 0 Å². The van der Waals surface area contributed by atoms with Gasteiger partial charge in [-0.1, -0.05) is 6.92 Å². The van der Waals surface area contributed by atoms with Gasteiger partial charge < -0.3 is 4.74 Å². The Morgan fingerprint density at radius 3 is 2.70 bits per heavy atom. The normalized spacial score (nSPS) is 10.8. The van der Waals surface area contributed by atoms with Crippen molar-refractivity contribution in [2.75, 3.05) is 0 Å². The lowest BCUT2D eigenvalue weighted by Gasteiger charge is -2.10. The van der Waals surface area contributed by atoms with Crippen molar-refractivity contribution in [1.29, 1.82) is 0 Å². The monoisotopic (exact) mass is 335 g/mol. The maximum Gasteiger partial charge on any atom is 0.138 e. The van der Waals surface area contributed by atoms with Crippen LogP contribution >= 0.6 is 15.9 Å². The fourth-order valence-electron chi connectivity index (χ4n) is 1.84. The zero-order valence-electron chi connectivity index (χ0n) is 11.9. The number of halogens is 1. The molecule has 0 N–H and O–H groups in total. The summed E-state index contributed by atoms with van der Waals surface area (Å²) in [5.74, 6) is 1.59. The Morgan fingerprint density at radius 2 is 2.00 bits per heavy atom. The smallest absolute Gasteiger partial charge is 0.138 e. The highest BCUT2D eigenvalue weighted by Gasteiger charge is 2.07. The number of aromatic nitrogens is 3. The topological polar surface area (TPSA) is 47.9 Å². The van der Waals surface area contributed by atoms with E-state index in [9.17, 15) is 0 Å². The molecule has 0 unspecified atom stereocenters. The van der Waals surface area contributed by atoms with E-state index in [1.807, 2.05) is 26.0 Å². The molecule has 2 aromatic heterocycles. The predicted molar refractivity (Wildman–Crippen MR) is 82.7 cm³/mol. The summed E-state index contributed by atoms with van der Waals surface area (Å²) in [6.45, 7) is 6.10. The van der Waals surface area contributed by atoms with E-state index in [2.05, 4.69) is 37.8 Å². The van der Waals surface area contributed by atoms with Crippen LogP contribution in [0.1, 0.15) is 33.0 Å². The highest BCUT2D eigenvalue weighted by molar-refractivity contribution is 9.10. The lowest BCUT2D eigenvalue weighted by molar-refractivity contribution is 0.241. The van der Waals surface area contributed by atoms with Crippen LogP contribution in [0.2, 0.25) is 0 Å². The molecule has 106 valence electrons. The number of rotatable bonds is 5. The molecular formula is C15H18BrN3O. The van der Waals surface area contributed by atoms with Crippen LogP contribution in [0.3, 0.4) is 0 Å². The van der Waals surface area contributed by atoms with Crippen LogP contribution in [0.25, 0.3) is 11.3 Å². The molecule has 0 aliphatic carbocycles. The summed E-state index contributed by atoms with van der Waals surface area (Å²) in [6.07, 6.45) is 5.51. The minimum atomic E-state index is 0.125. The highest BCUT2D eigenvalue weighted by Crippen LogP contribution is 2.24. The van der Waals surface area contributed by atoms with Gasteiger partial charge in [-0.05, 0) is 48.3 Å². The quantitative estimate of drug-likeness (QED) is 0.773. The molecule has 0 saturated carbocycles. The second kappa shape index (κ2) is 6.79. The maximum atomic E-state index is 5.67. The van der Waals surface area contributed by atoms with Gasteiger partial charge in [0, 0.05) is 18.2 Å². The molecule has 20 heavy (non-hydrogen) atoms. The first-order chi connectivity index (χ1) is 9.58. The third-order valence-corrected chi connectivity index (χ3v) is 3.00. The molecule has 2 rings (SSSR count). The lowest BCUT2D eigenvalue weighted by atomic mass is 10.2. The van der Waals surface area contributed by atoms with E-state index in [0.29, 0.717) is 0 Å². The molecule has 0 spiro atoms. The number of pyridine rings is 1. The molecule has 0 aromatic carbocycles. The average Bonchev–Trinajstić information content (AvgIpc) is 2.38. The van der Waals surface area contributed by atoms with Gasteiger partial charge in [-0.3, -0.25) is 4.98 Å². The van der Waals surface area contributed by atoms with Gasteiger partial charge in [-0.25, -0.2) is 9.97 Å². The Hall–Kier alpha value is -1.49. The minimum Gasteiger partial charge on any atom is -0.489 e. The number of aryl methyl sites for hydroxylation is 1. The summed E-state index contributed by atoms with van der Waals surface area (Å²) in [5.41, 5.74) is 1.79. The first-order valence-electron chi connectivity index (χ1n) is 6.74. The van der Waals surface area contributed by atoms with Crippen molar-refractivity contribution in [3.8, 4) is 17.0 Å². The van der Waals surface area contributed by atoms with E-state index in [4.69, 9.17) is 4.74 Å². The molecule has 5 heteroatoms. The zero-order valence-corrected chi connectivity index (χ0v) is 13.5. The van der Waals surface area contributed by atoms with Crippen molar-refractivity contribution in [1.82, 2.24) is 15.0 Å². The van der Waals surface area contributed by atoms with Crippen molar-refractivity contribution in [3.05, 3.63) is 35.0 Å². The number of ether oxygens (including phenoxy) is 1. The SMILES string of the molecule is CCCc1nc(Br)cc(-c2cncc(OC(C)C)c2)n1. The summed E-state index contributed by atoms with van der Waals surface area (Å²) >= 11 is 3.44. The Morgan fingerprint density at radius 1 is 1.20 bits per heavy atom. The van der Waals surface area contributed by atoms with E-state index in [0.717, 1.165) is 40.3 Å². The second-order valence-corrected chi connectivity index (χ2v) is 5.63.